The first-order valence-electron chi connectivity index (χ1n) is 13.5. The van der Waals surface area contributed by atoms with Crippen LogP contribution in [0.2, 0.25) is 0 Å². The molecule has 0 aliphatic carbocycles. The SMILES string of the molecule is CCCN(CCC)C(=O)c1cc(C)cc(C(=O)N(CCC(C)C)C[C@@H](O)[C@@H](N)Cc2cc(F)cc(F)c2)c1. The lowest BCUT2D eigenvalue weighted by atomic mass is 10.00. The van der Waals surface area contributed by atoms with Crippen molar-refractivity contribution in [3.8, 4) is 0 Å². The molecule has 0 aliphatic rings. The van der Waals surface area contributed by atoms with E-state index >= 15 is 0 Å². The fourth-order valence-electron chi connectivity index (χ4n) is 4.44. The minimum Gasteiger partial charge on any atom is -0.390 e. The molecule has 0 heterocycles. The third-order valence-corrected chi connectivity index (χ3v) is 6.40. The van der Waals surface area contributed by atoms with E-state index in [0.717, 1.165) is 24.5 Å². The highest BCUT2D eigenvalue weighted by Crippen LogP contribution is 2.18. The molecule has 2 aromatic rings. The number of halogens is 2. The smallest absolute Gasteiger partial charge is 0.253 e. The van der Waals surface area contributed by atoms with E-state index in [2.05, 4.69) is 0 Å². The molecule has 0 aliphatic heterocycles. The molecule has 6 nitrogen and oxygen atoms in total. The maximum absolute atomic E-state index is 13.7. The van der Waals surface area contributed by atoms with Crippen molar-refractivity contribution in [2.75, 3.05) is 26.2 Å². The summed E-state index contributed by atoms with van der Waals surface area (Å²) >= 11 is 0. The van der Waals surface area contributed by atoms with Crippen molar-refractivity contribution < 1.29 is 23.5 Å². The molecular weight excluding hydrogens is 488 g/mol. The van der Waals surface area contributed by atoms with Crippen LogP contribution in [0.1, 0.15) is 78.8 Å². The molecule has 2 rings (SSSR count). The van der Waals surface area contributed by atoms with Gasteiger partial charge in [0.05, 0.1) is 6.10 Å². The number of rotatable bonds is 14. The van der Waals surface area contributed by atoms with E-state index < -0.39 is 23.8 Å². The van der Waals surface area contributed by atoms with Gasteiger partial charge in [0.15, 0.2) is 0 Å². The lowest BCUT2D eigenvalue weighted by Gasteiger charge is -2.29. The molecule has 210 valence electrons. The molecular formula is C30H43F2N3O3. The van der Waals surface area contributed by atoms with Gasteiger partial charge in [0.2, 0.25) is 0 Å². The summed E-state index contributed by atoms with van der Waals surface area (Å²) in [6, 6.07) is 7.47. The first kappa shape index (κ1) is 31.4. The number of nitrogens with zero attached hydrogens (tertiary/aromatic N) is 2. The maximum atomic E-state index is 13.7. The third-order valence-electron chi connectivity index (χ3n) is 6.40. The first-order chi connectivity index (χ1) is 17.9. The van der Waals surface area contributed by atoms with Crippen molar-refractivity contribution in [1.82, 2.24) is 9.80 Å². The van der Waals surface area contributed by atoms with Crippen LogP contribution in [0.4, 0.5) is 8.78 Å². The number of hydrogen-bond donors (Lipinski definition) is 2. The number of carbonyl (C=O) groups excluding carboxylic acids is 2. The van der Waals surface area contributed by atoms with Crippen molar-refractivity contribution in [1.29, 1.82) is 0 Å². The minimum atomic E-state index is -1.12. The molecule has 0 bridgehead atoms. The molecule has 0 saturated heterocycles. The van der Waals surface area contributed by atoms with Gasteiger partial charge in [0.1, 0.15) is 11.6 Å². The summed E-state index contributed by atoms with van der Waals surface area (Å²) in [6.45, 7) is 11.6. The van der Waals surface area contributed by atoms with Crippen LogP contribution in [0, 0.1) is 24.5 Å². The van der Waals surface area contributed by atoms with Gasteiger partial charge in [-0.1, -0.05) is 27.7 Å². The van der Waals surface area contributed by atoms with Crippen LogP contribution in [-0.2, 0) is 6.42 Å². The van der Waals surface area contributed by atoms with Crippen LogP contribution in [-0.4, -0.2) is 65.0 Å². The van der Waals surface area contributed by atoms with E-state index in [1.54, 1.807) is 28.0 Å². The Balaban J connectivity index is 2.27. The summed E-state index contributed by atoms with van der Waals surface area (Å²) in [4.78, 5) is 30.2. The molecule has 2 amide bonds. The van der Waals surface area contributed by atoms with E-state index in [1.807, 2.05) is 34.6 Å². The van der Waals surface area contributed by atoms with Crippen molar-refractivity contribution >= 4 is 11.8 Å². The average Bonchev–Trinajstić information content (AvgIpc) is 2.84. The number of aliphatic hydroxyl groups is 1. The molecule has 38 heavy (non-hydrogen) atoms. The minimum absolute atomic E-state index is 0.0421. The Bertz CT molecular complexity index is 1050. The van der Waals surface area contributed by atoms with E-state index in [4.69, 9.17) is 5.73 Å². The van der Waals surface area contributed by atoms with Crippen molar-refractivity contribution in [3.05, 3.63) is 70.3 Å². The molecule has 3 N–H and O–H groups in total. The van der Waals surface area contributed by atoms with E-state index in [9.17, 15) is 23.5 Å². The van der Waals surface area contributed by atoms with E-state index in [1.165, 1.54) is 12.1 Å². The van der Waals surface area contributed by atoms with Gasteiger partial charge in [-0.15, -0.1) is 0 Å². The lowest BCUT2D eigenvalue weighted by molar-refractivity contribution is 0.0563. The van der Waals surface area contributed by atoms with E-state index in [-0.39, 0.29) is 24.8 Å². The number of carbonyl (C=O) groups is 2. The molecule has 0 saturated carbocycles. The quantitative estimate of drug-likeness (QED) is 0.361. The zero-order valence-corrected chi connectivity index (χ0v) is 23.3. The Morgan fingerprint density at radius 2 is 1.39 bits per heavy atom. The predicted molar refractivity (Wildman–Crippen MR) is 147 cm³/mol. The van der Waals surface area contributed by atoms with Crippen LogP contribution in [0.25, 0.3) is 0 Å². The number of aryl methyl sites for hydroxylation is 1. The van der Waals surface area contributed by atoms with Gasteiger partial charge in [0.25, 0.3) is 11.8 Å². The summed E-state index contributed by atoms with van der Waals surface area (Å²) in [7, 11) is 0. The highest BCUT2D eigenvalue weighted by Gasteiger charge is 2.25. The molecule has 8 heteroatoms. The zero-order chi connectivity index (χ0) is 28.4. The Labute approximate surface area is 225 Å². The summed E-state index contributed by atoms with van der Waals surface area (Å²) < 4.78 is 27.2. The molecule has 2 atom stereocenters. The van der Waals surface area contributed by atoms with Crippen molar-refractivity contribution in [2.24, 2.45) is 11.7 Å². The van der Waals surface area contributed by atoms with Gasteiger partial charge in [-0.25, -0.2) is 8.78 Å². The topological polar surface area (TPSA) is 86.9 Å². The highest BCUT2D eigenvalue weighted by atomic mass is 19.1. The number of aliphatic hydroxyl groups excluding tert-OH is 1. The zero-order valence-electron chi connectivity index (χ0n) is 23.3. The summed E-state index contributed by atoms with van der Waals surface area (Å²) in [5, 5.41) is 10.9. The van der Waals surface area contributed by atoms with Gasteiger partial charge in [-0.05, 0) is 80.0 Å². The van der Waals surface area contributed by atoms with Crippen molar-refractivity contribution in [3.63, 3.8) is 0 Å². The van der Waals surface area contributed by atoms with Gasteiger partial charge < -0.3 is 20.6 Å². The van der Waals surface area contributed by atoms with E-state index in [0.29, 0.717) is 48.7 Å². The second kappa shape index (κ2) is 14.9. The summed E-state index contributed by atoms with van der Waals surface area (Å²) in [6.07, 6.45) is 1.32. The molecule has 0 aromatic heterocycles. The second-order valence-electron chi connectivity index (χ2n) is 10.5. The summed E-state index contributed by atoms with van der Waals surface area (Å²) in [5.74, 6) is -1.51. The number of hydrogen-bond acceptors (Lipinski definition) is 4. The highest BCUT2D eigenvalue weighted by molar-refractivity contribution is 6.00. The monoisotopic (exact) mass is 531 g/mol. The molecule has 2 aromatic carbocycles. The van der Waals surface area contributed by atoms with Crippen LogP contribution in [0.3, 0.4) is 0 Å². The number of amides is 2. The van der Waals surface area contributed by atoms with Gasteiger partial charge in [-0.3, -0.25) is 9.59 Å². The average molecular weight is 532 g/mol. The third kappa shape index (κ3) is 9.48. The maximum Gasteiger partial charge on any atom is 0.253 e. The number of benzene rings is 2. The molecule has 0 spiro atoms. The Hall–Kier alpha value is -2.84. The molecule has 0 fully saturated rings. The standard InChI is InChI=1S/C30H43F2N3O3/c1-6-9-34(10-7-2)29(37)23-12-21(5)13-24(17-23)30(38)35(11-8-20(3)4)19-28(36)27(33)16-22-14-25(31)18-26(32)15-22/h12-15,17-18,20,27-28,36H,6-11,16,19,33H2,1-5H3/t27-,28+/m0/s1. The number of nitrogens with two attached hydrogens (primary N) is 1. The second-order valence-corrected chi connectivity index (χ2v) is 10.5. The molecule has 0 radical (unpaired) electrons. The fraction of sp³-hybridized carbons (Fsp3) is 0.533. The normalized spacial score (nSPS) is 12.9. The van der Waals surface area contributed by atoms with Crippen LogP contribution >= 0.6 is 0 Å². The Kier molecular flexibility index (Phi) is 12.3. The lowest BCUT2D eigenvalue weighted by Crippen LogP contribution is -2.47. The van der Waals surface area contributed by atoms with Gasteiger partial charge in [-0.2, -0.15) is 0 Å². The Morgan fingerprint density at radius 1 is 0.868 bits per heavy atom. The van der Waals surface area contributed by atoms with Crippen molar-refractivity contribution in [2.45, 2.75) is 72.4 Å². The van der Waals surface area contributed by atoms with Gasteiger partial charge in [0, 0.05) is 49.4 Å². The first-order valence-corrected chi connectivity index (χ1v) is 13.5. The van der Waals surface area contributed by atoms with Crippen LogP contribution < -0.4 is 5.73 Å². The largest absolute Gasteiger partial charge is 0.390 e. The predicted octanol–water partition coefficient (Wildman–Crippen LogP) is 4.95. The summed E-state index contributed by atoms with van der Waals surface area (Å²) in [5.41, 5.74) is 8.15. The van der Waals surface area contributed by atoms with Crippen LogP contribution in [0.5, 0.6) is 0 Å². The van der Waals surface area contributed by atoms with Gasteiger partial charge >= 0.3 is 0 Å². The molecule has 0 unspecified atom stereocenters. The Morgan fingerprint density at radius 3 is 1.89 bits per heavy atom. The van der Waals surface area contributed by atoms with Crippen LogP contribution in [0.15, 0.2) is 36.4 Å². The fourth-order valence-corrected chi connectivity index (χ4v) is 4.44.